The molecule has 192 valence electrons. The fourth-order valence-corrected chi connectivity index (χ4v) is 9.40. The lowest BCUT2D eigenvalue weighted by Crippen LogP contribution is -2.67. The number of hydrogen-bond donors (Lipinski definition) is 0. The normalized spacial score (nSPS) is 14.1. The zero-order valence-electron chi connectivity index (χ0n) is 22.5. The SMILES string of the molecule is COC(=O)C[C@@H](CC/C=C/CCC[C@H](C)O[Si](c1ccccc1)(c1ccccc1)C(C)(C)C)OC. The predicted molar refractivity (Wildman–Crippen MR) is 148 cm³/mol. The fourth-order valence-electron chi connectivity index (χ4n) is 4.67. The molecule has 0 spiro atoms. The van der Waals surface area contributed by atoms with Gasteiger partial charge < -0.3 is 13.9 Å². The van der Waals surface area contributed by atoms with Crippen molar-refractivity contribution in [2.24, 2.45) is 0 Å². The van der Waals surface area contributed by atoms with Crippen LogP contribution in [0.2, 0.25) is 5.04 Å². The molecular formula is C30H44O4Si. The summed E-state index contributed by atoms with van der Waals surface area (Å²) in [4.78, 5) is 11.4. The molecular weight excluding hydrogens is 452 g/mol. The molecule has 0 aromatic heterocycles. The predicted octanol–water partition coefficient (Wildman–Crippen LogP) is 6.04. The molecule has 0 unspecified atom stereocenters. The zero-order chi connectivity index (χ0) is 25.7. The van der Waals surface area contributed by atoms with E-state index in [0.717, 1.165) is 32.1 Å². The first-order valence-electron chi connectivity index (χ1n) is 12.8. The molecule has 5 heteroatoms. The van der Waals surface area contributed by atoms with Crippen LogP contribution in [0.25, 0.3) is 0 Å². The second-order valence-electron chi connectivity index (χ2n) is 10.2. The largest absolute Gasteiger partial charge is 0.469 e. The van der Waals surface area contributed by atoms with Gasteiger partial charge in [0.2, 0.25) is 0 Å². The summed E-state index contributed by atoms with van der Waals surface area (Å²) in [7, 11) is 0.557. The lowest BCUT2D eigenvalue weighted by molar-refractivity contribution is -0.143. The van der Waals surface area contributed by atoms with E-state index in [2.05, 4.69) is 101 Å². The quantitative estimate of drug-likeness (QED) is 0.138. The standard InChI is InChI=1S/C30H44O4Si/c1-25(18-12-8-7-9-13-19-26(32-5)24-29(31)33-6)34-35(30(2,3)4,27-20-14-10-15-21-27)28-22-16-11-17-23-28/h7,9-11,14-17,20-23,25-26H,8,12-13,18-19,24H2,1-6H3/b9-7+/t25-,26+/m0/s1. The van der Waals surface area contributed by atoms with Crippen LogP contribution in [0, 0.1) is 0 Å². The van der Waals surface area contributed by atoms with E-state index in [9.17, 15) is 4.79 Å². The highest BCUT2D eigenvalue weighted by Gasteiger charge is 2.50. The van der Waals surface area contributed by atoms with E-state index in [1.54, 1.807) is 7.11 Å². The van der Waals surface area contributed by atoms with E-state index in [0.29, 0.717) is 6.42 Å². The maximum absolute atomic E-state index is 11.4. The highest BCUT2D eigenvalue weighted by molar-refractivity contribution is 6.99. The summed E-state index contributed by atoms with van der Waals surface area (Å²) in [6.45, 7) is 9.19. The van der Waals surface area contributed by atoms with Crippen molar-refractivity contribution in [3.8, 4) is 0 Å². The molecule has 0 amide bonds. The Morgan fingerprint density at radius 3 is 1.91 bits per heavy atom. The number of carbonyl (C=O) groups is 1. The average Bonchev–Trinajstić information content (AvgIpc) is 2.86. The molecule has 35 heavy (non-hydrogen) atoms. The molecule has 2 atom stereocenters. The third-order valence-corrected chi connectivity index (χ3v) is 11.7. The summed E-state index contributed by atoms with van der Waals surface area (Å²) < 4.78 is 17.3. The van der Waals surface area contributed by atoms with Gasteiger partial charge >= 0.3 is 5.97 Å². The molecule has 2 rings (SSSR count). The van der Waals surface area contributed by atoms with Gasteiger partial charge in [-0.1, -0.05) is 93.6 Å². The molecule has 0 heterocycles. The maximum atomic E-state index is 11.4. The van der Waals surface area contributed by atoms with Gasteiger partial charge in [-0.25, -0.2) is 0 Å². The van der Waals surface area contributed by atoms with E-state index < -0.39 is 8.32 Å². The number of esters is 1. The summed E-state index contributed by atoms with van der Waals surface area (Å²) in [5, 5.41) is 2.64. The lowest BCUT2D eigenvalue weighted by atomic mass is 10.1. The minimum atomic E-state index is -2.50. The van der Waals surface area contributed by atoms with E-state index in [-0.39, 0.29) is 23.2 Å². The number of benzene rings is 2. The number of methoxy groups -OCH3 is 2. The van der Waals surface area contributed by atoms with Crippen LogP contribution in [0.4, 0.5) is 0 Å². The van der Waals surface area contributed by atoms with Crippen molar-refractivity contribution in [1.82, 2.24) is 0 Å². The van der Waals surface area contributed by atoms with Crippen LogP contribution in [-0.2, 0) is 18.7 Å². The lowest BCUT2D eigenvalue weighted by Gasteiger charge is -2.44. The Hall–Kier alpha value is -2.21. The maximum Gasteiger partial charge on any atom is 0.308 e. The summed E-state index contributed by atoms with van der Waals surface area (Å²) in [6.07, 6.45) is 9.61. The molecule has 0 aliphatic rings. The molecule has 0 saturated carbocycles. The monoisotopic (exact) mass is 496 g/mol. The van der Waals surface area contributed by atoms with E-state index in [1.807, 2.05) is 0 Å². The molecule has 0 saturated heterocycles. The Morgan fingerprint density at radius 2 is 1.43 bits per heavy atom. The van der Waals surface area contributed by atoms with Crippen molar-refractivity contribution in [3.05, 3.63) is 72.8 Å². The van der Waals surface area contributed by atoms with Gasteiger partial charge in [0.15, 0.2) is 0 Å². The molecule has 0 aliphatic carbocycles. The molecule has 2 aromatic carbocycles. The first-order valence-corrected chi connectivity index (χ1v) is 14.7. The second-order valence-corrected chi connectivity index (χ2v) is 14.5. The average molecular weight is 497 g/mol. The van der Waals surface area contributed by atoms with Crippen LogP contribution in [0.5, 0.6) is 0 Å². The Labute approximate surface area is 213 Å². The highest BCUT2D eigenvalue weighted by Crippen LogP contribution is 2.37. The number of ether oxygens (including phenoxy) is 2. The van der Waals surface area contributed by atoms with Gasteiger partial charge in [-0.05, 0) is 54.4 Å². The van der Waals surface area contributed by atoms with Gasteiger partial charge in [-0.2, -0.15) is 0 Å². The van der Waals surface area contributed by atoms with Crippen molar-refractivity contribution in [2.45, 2.75) is 83.5 Å². The molecule has 0 bridgehead atoms. The van der Waals surface area contributed by atoms with E-state index in [4.69, 9.17) is 13.9 Å². The van der Waals surface area contributed by atoms with Crippen molar-refractivity contribution < 1.29 is 18.7 Å². The molecule has 0 aliphatic heterocycles. The number of unbranched alkanes of at least 4 members (excludes halogenated alkanes) is 1. The molecule has 2 aromatic rings. The number of hydrogen-bond acceptors (Lipinski definition) is 4. The van der Waals surface area contributed by atoms with Crippen LogP contribution in [-0.4, -0.2) is 40.7 Å². The van der Waals surface area contributed by atoms with E-state index >= 15 is 0 Å². The fraction of sp³-hybridized carbons (Fsp3) is 0.500. The van der Waals surface area contributed by atoms with Gasteiger partial charge in [0.05, 0.1) is 19.6 Å². The summed E-state index contributed by atoms with van der Waals surface area (Å²) in [6, 6.07) is 21.6. The van der Waals surface area contributed by atoms with Crippen LogP contribution in [0.15, 0.2) is 72.8 Å². The minimum absolute atomic E-state index is 0.00798. The molecule has 0 N–H and O–H groups in total. The number of rotatable bonds is 14. The highest BCUT2D eigenvalue weighted by atomic mass is 28.4. The van der Waals surface area contributed by atoms with Crippen LogP contribution in [0.3, 0.4) is 0 Å². The van der Waals surface area contributed by atoms with Crippen molar-refractivity contribution >= 4 is 24.7 Å². The number of allylic oxidation sites excluding steroid dienone is 2. The Bertz CT molecular complexity index is 850. The Morgan fingerprint density at radius 1 is 0.886 bits per heavy atom. The second kappa shape index (κ2) is 14.4. The van der Waals surface area contributed by atoms with Gasteiger partial charge in [0, 0.05) is 13.2 Å². The van der Waals surface area contributed by atoms with Crippen LogP contribution >= 0.6 is 0 Å². The van der Waals surface area contributed by atoms with Crippen molar-refractivity contribution in [1.29, 1.82) is 0 Å². The summed E-state index contributed by atoms with van der Waals surface area (Å²) in [5.41, 5.74) is 0. The van der Waals surface area contributed by atoms with Crippen molar-refractivity contribution in [2.75, 3.05) is 14.2 Å². The topological polar surface area (TPSA) is 44.8 Å². The zero-order valence-corrected chi connectivity index (χ0v) is 23.5. The first kappa shape index (κ1) is 29.0. The molecule has 4 nitrogen and oxygen atoms in total. The summed E-state index contributed by atoms with van der Waals surface area (Å²) >= 11 is 0. The Balaban J connectivity index is 1.99. The van der Waals surface area contributed by atoms with Gasteiger partial charge in [0.1, 0.15) is 0 Å². The summed E-state index contributed by atoms with van der Waals surface area (Å²) in [5.74, 6) is -0.226. The molecule has 0 fully saturated rings. The molecule has 0 radical (unpaired) electrons. The number of carbonyl (C=O) groups excluding carboxylic acids is 1. The Kier molecular flexibility index (Phi) is 11.9. The minimum Gasteiger partial charge on any atom is -0.469 e. The van der Waals surface area contributed by atoms with E-state index in [1.165, 1.54) is 17.5 Å². The van der Waals surface area contributed by atoms with Crippen molar-refractivity contribution in [3.63, 3.8) is 0 Å². The van der Waals surface area contributed by atoms with Crippen LogP contribution in [0.1, 0.15) is 66.2 Å². The third kappa shape index (κ3) is 8.45. The van der Waals surface area contributed by atoms with Gasteiger partial charge in [-0.15, -0.1) is 0 Å². The van der Waals surface area contributed by atoms with Crippen LogP contribution < -0.4 is 10.4 Å². The first-order chi connectivity index (χ1) is 16.7. The third-order valence-electron chi connectivity index (χ3n) is 6.55. The van der Waals surface area contributed by atoms with Gasteiger partial charge in [0.25, 0.3) is 8.32 Å². The van der Waals surface area contributed by atoms with Gasteiger partial charge in [-0.3, -0.25) is 4.79 Å². The smallest absolute Gasteiger partial charge is 0.308 e.